The van der Waals surface area contributed by atoms with Gasteiger partial charge in [-0.05, 0) is 38.5 Å². The summed E-state index contributed by atoms with van der Waals surface area (Å²) in [5, 5.41) is -0.0971. The highest BCUT2D eigenvalue weighted by Gasteiger charge is 2.47. The largest absolute Gasteiger partial charge is 0.444 e. The van der Waals surface area contributed by atoms with Gasteiger partial charge in [-0.2, -0.15) is 13.2 Å². The molecule has 0 aliphatic carbocycles. The van der Waals surface area contributed by atoms with Crippen LogP contribution in [-0.2, 0) is 10.9 Å². The van der Waals surface area contributed by atoms with Crippen LogP contribution in [0.15, 0.2) is 12.1 Å². The third kappa shape index (κ3) is 3.34. The second-order valence-corrected chi connectivity index (χ2v) is 7.79. The van der Waals surface area contributed by atoms with Crippen molar-refractivity contribution in [2.24, 2.45) is 0 Å². The van der Waals surface area contributed by atoms with E-state index in [9.17, 15) is 22.8 Å². The van der Waals surface area contributed by atoms with Gasteiger partial charge in [0, 0.05) is 24.7 Å². The van der Waals surface area contributed by atoms with Crippen molar-refractivity contribution in [2.45, 2.75) is 38.6 Å². The van der Waals surface area contributed by atoms with Crippen LogP contribution in [0.25, 0.3) is 0 Å². The molecule has 0 saturated carbocycles. The first-order valence-corrected chi connectivity index (χ1v) is 8.46. The minimum absolute atomic E-state index is 0.0608. The molecule has 9 heteroatoms. The Hall–Kier alpha value is -1.96. The van der Waals surface area contributed by atoms with Crippen LogP contribution >= 0.6 is 11.6 Å². The quantitative estimate of drug-likeness (QED) is 0.670. The number of halogens is 4. The maximum Gasteiger partial charge on any atom is 0.417 e. The van der Waals surface area contributed by atoms with E-state index in [-0.39, 0.29) is 35.8 Å². The summed E-state index contributed by atoms with van der Waals surface area (Å²) in [6.45, 7) is 5.57. The Morgan fingerprint density at radius 1 is 1.23 bits per heavy atom. The van der Waals surface area contributed by atoms with Gasteiger partial charge in [0.1, 0.15) is 5.60 Å². The van der Waals surface area contributed by atoms with E-state index in [1.54, 1.807) is 20.8 Å². The van der Waals surface area contributed by atoms with Gasteiger partial charge in [-0.15, -0.1) is 0 Å². The van der Waals surface area contributed by atoms with Crippen LogP contribution in [0.3, 0.4) is 0 Å². The lowest BCUT2D eigenvalue weighted by Gasteiger charge is -2.38. The van der Waals surface area contributed by atoms with Crippen molar-refractivity contribution in [2.75, 3.05) is 19.6 Å². The van der Waals surface area contributed by atoms with Crippen molar-refractivity contribution in [3.8, 4) is 0 Å². The van der Waals surface area contributed by atoms with E-state index in [2.05, 4.69) is 0 Å². The zero-order valence-electron chi connectivity index (χ0n) is 14.5. The fourth-order valence-corrected chi connectivity index (χ4v) is 3.51. The number of carbonyl (C=O) groups excluding carboxylic acids is 2. The molecule has 1 aromatic carbocycles. The van der Waals surface area contributed by atoms with Crippen LogP contribution in [-0.4, -0.2) is 47.0 Å². The van der Waals surface area contributed by atoms with Gasteiger partial charge in [0.15, 0.2) is 0 Å². The molecule has 2 aliphatic rings. The Bertz CT molecular complexity index is 774. The maximum atomic E-state index is 13.4. The van der Waals surface area contributed by atoms with Crippen LogP contribution < -0.4 is 0 Å². The third-order valence-corrected chi connectivity index (χ3v) is 4.52. The summed E-state index contributed by atoms with van der Waals surface area (Å²) in [5.74, 6) is -0.683. The van der Waals surface area contributed by atoms with E-state index in [1.807, 2.05) is 0 Å². The van der Waals surface area contributed by atoms with Gasteiger partial charge in [0.05, 0.1) is 17.2 Å². The standard InChI is InChI=1S/C17H18ClF3N2O3/c1-16(2,3)26-15(25)22-4-5-23-12(8-22)10-6-9(18)7-11(17(19,20)21)13(10)14(23)24/h6-7,12H,4-5,8H2,1-3H3. The average Bonchev–Trinajstić information content (AvgIpc) is 2.76. The number of hydrogen-bond acceptors (Lipinski definition) is 3. The van der Waals surface area contributed by atoms with Gasteiger partial charge in [-0.1, -0.05) is 11.6 Å². The molecule has 5 nitrogen and oxygen atoms in total. The average molecular weight is 391 g/mol. The van der Waals surface area contributed by atoms with Crippen molar-refractivity contribution in [3.05, 3.63) is 33.8 Å². The highest BCUT2D eigenvalue weighted by Crippen LogP contribution is 2.44. The topological polar surface area (TPSA) is 49.9 Å². The number of hydrogen-bond donors (Lipinski definition) is 0. The SMILES string of the molecule is CC(C)(C)OC(=O)N1CCN2C(=O)c3c(cc(Cl)cc3C(F)(F)F)C2C1. The third-order valence-electron chi connectivity index (χ3n) is 4.30. The zero-order chi connectivity index (χ0) is 19.4. The lowest BCUT2D eigenvalue weighted by molar-refractivity contribution is -0.137. The molecule has 26 heavy (non-hydrogen) atoms. The van der Waals surface area contributed by atoms with Gasteiger partial charge >= 0.3 is 12.3 Å². The molecule has 1 unspecified atom stereocenters. The summed E-state index contributed by atoms with van der Waals surface area (Å²) >= 11 is 5.86. The van der Waals surface area contributed by atoms with Gasteiger partial charge in [0.25, 0.3) is 5.91 Å². The first-order valence-electron chi connectivity index (χ1n) is 8.08. The first kappa shape index (κ1) is 18.8. The number of nitrogens with zero attached hydrogens (tertiary/aromatic N) is 2. The lowest BCUT2D eigenvalue weighted by Crippen LogP contribution is -2.50. The molecule has 0 aromatic heterocycles. The number of ether oxygens (including phenoxy) is 1. The van der Waals surface area contributed by atoms with Gasteiger partial charge in [0.2, 0.25) is 0 Å². The fraction of sp³-hybridized carbons (Fsp3) is 0.529. The van der Waals surface area contributed by atoms with Crippen molar-refractivity contribution in [3.63, 3.8) is 0 Å². The molecule has 0 spiro atoms. The van der Waals surface area contributed by atoms with Gasteiger partial charge in [-0.3, -0.25) is 4.79 Å². The molecular formula is C17H18ClF3N2O3. The molecule has 2 heterocycles. The Morgan fingerprint density at radius 2 is 1.88 bits per heavy atom. The smallest absolute Gasteiger partial charge is 0.417 e. The highest BCUT2D eigenvalue weighted by molar-refractivity contribution is 6.31. The summed E-state index contributed by atoms with van der Waals surface area (Å²) in [7, 11) is 0. The van der Waals surface area contributed by atoms with E-state index < -0.39 is 35.4 Å². The number of piperazine rings is 1. The number of carbonyl (C=O) groups is 2. The minimum atomic E-state index is -4.69. The van der Waals surface area contributed by atoms with E-state index in [4.69, 9.17) is 16.3 Å². The molecule has 1 fully saturated rings. The Kier molecular flexibility index (Phi) is 4.37. The Labute approximate surface area is 153 Å². The molecule has 1 atom stereocenters. The van der Waals surface area contributed by atoms with Crippen LogP contribution in [0.2, 0.25) is 5.02 Å². The number of rotatable bonds is 0. The van der Waals surface area contributed by atoms with Gasteiger partial charge < -0.3 is 14.5 Å². The molecule has 2 amide bonds. The molecule has 142 valence electrons. The number of amides is 2. The van der Waals surface area contributed by atoms with E-state index in [1.165, 1.54) is 15.9 Å². The fourth-order valence-electron chi connectivity index (χ4n) is 3.28. The lowest BCUT2D eigenvalue weighted by atomic mass is 9.98. The van der Waals surface area contributed by atoms with Crippen LogP contribution in [0, 0.1) is 0 Å². The normalized spacial score (nSPS) is 20.1. The van der Waals surface area contributed by atoms with E-state index in [0.29, 0.717) is 0 Å². The molecule has 1 saturated heterocycles. The summed E-state index contributed by atoms with van der Waals surface area (Å²) in [6, 6.07) is 1.47. The molecule has 2 aliphatic heterocycles. The zero-order valence-corrected chi connectivity index (χ0v) is 15.2. The summed E-state index contributed by atoms with van der Waals surface area (Å²) in [4.78, 5) is 27.6. The second kappa shape index (κ2) is 6.04. The maximum absolute atomic E-state index is 13.4. The molecule has 1 aromatic rings. The number of fused-ring (bicyclic) bond motifs is 3. The summed E-state index contributed by atoms with van der Waals surface area (Å²) in [5.41, 5.74) is -1.91. The van der Waals surface area contributed by atoms with Crippen molar-refractivity contribution in [1.82, 2.24) is 9.80 Å². The Morgan fingerprint density at radius 3 is 2.46 bits per heavy atom. The van der Waals surface area contributed by atoms with Crippen LogP contribution in [0.5, 0.6) is 0 Å². The van der Waals surface area contributed by atoms with E-state index in [0.717, 1.165) is 6.07 Å². The number of alkyl halides is 3. The van der Waals surface area contributed by atoms with Gasteiger partial charge in [-0.25, -0.2) is 4.79 Å². The van der Waals surface area contributed by atoms with Crippen LogP contribution in [0.1, 0.15) is 48.3 Å². The molecule has 0 radical (unpaired) electrons. The van der Waals surface area contributed by atoms with Crippen molar-refractivity contribution in [1.29, 1.82) is 0 Å². The molecule has 0 N–H and O–H groups in total. The molecular weight excluding hydrogens is 373 g/mol. The Balaban J connectivity index is 1.96. The highest BCUT2D eigenvalue weighted by atomic mass is 35.5. The molecule has 3 rings (SSSR count). The molecule has 0 bridgehead atoms. The predicted molar refractivity (Wildman–Crippen MR) is 88.0 cm³/mol. The summed E-state index contributed by atoms with van der Waals surface area (Å²) in [6.07, 6.45) is -5.25. The van der Waals surface area contributed by atoms with Crippen molar-refractivity contribution < 1.29 is 27.5 Å². The number of benzene rings is 1. The van der Waals surface area contributed by atoms with Crippen molar-refractivity contribution >= 4 is 23.6 Å². The second-order valence-electron chi connectivity index (χ2n) is 7.36. The minimum Gasteiger partial charge on any atom is -0.444 e. The predicted octanol–water partition coefficient (Wildman–Crippen LogP) is 4.11. The van der Waals surface area contributed by atoms with Crippen LogP contribution in [0.4, 0.5) is 18.0 Å². The van der Waals surface area contributed by atoms with E-state index >= 15 is 0 Å². The first-order chi connectivity index (χ1) is 11.9. The summed E-state index contributed by atoms with van der Waals surface area (Å²) < 4.78 is 45.4. The monoisotopic (exact) mass is 390 g/mol.